The lowest BCUT2D eigenvalue weighted by atomic mass is 9.76. The number of aryl methyl sites for hydroxylation is 2. The Balaban J connectivity index is 2.00. The maximum absolute atomic E-state index is 3.60. The standard InChI is InChI=1S/C19H31N/c1-5-16-8-10-17(11-9-16)19(20-4)13-18-12-14(2)6-7-15(18)3/h6-7,12,16-17,19-20H,5,8-11,13H2,1-4H3. The predicted octanol–water partition coefficient (Wildman–Crippen LogP) is 4.65. The average Bonchev–Trinajstić information content (AvgIpc) is 2.48. The van der Waals surface area contributed by atoms with Crippen LogP contribution in [0.5, 0.6) is 0 Å². The van der Waals surface area contributed by atoms with Gasteiger partial charge in [-0.05, 0) is 63.1 Å². The summed E-state index contributed by atoms with van der Waals surface area (Å²) in [6.07, 6.45) is 8.25. The minimum absolute atomic E-state index is 0.647. The molecule has 1 aliphatic rings. The predicted molar refractivity (Wildman–Crippen MR) is 88.2 cm³/mol. The third-order valence-corrected chi connectivity index (χ3v) is 5.35. The molecule has 1 aliphatic carbocycles. The van der Waals surface area contributed by atoms with Crippen LogP contribution in [0.25, 0.3) is 0 Å². The van der Waals surface area contributed by atoms with Crippen molar-refractivity contribution in [3.8, 4) is 0 Å². The number of benzene rings is 1. The molecule has 1 heteroatoms. The van der Waals surface area contributed by atoms with E-state index in [1.807, 2.05) is 0 Å². The van der Waals surface area contributed by atoms with Crippen LogP contribution in [0.4, 0.5) is 0 Å². The molecule has 1 atom stereocenters. The molecule has 0 radical (unpaired) electrons. The molecular weight excluding hydrogens is 242 g/mol. The zero-order chi connectivity index (χ0) is 14.5. The highest BCUT2D eigenvalue weighted by Gasteiger charge is 2.26. The lowest BCUT2D eigenvalue weighted by Crippen LogP contribution is -2.37. The maximum Gasteiger partial charge on any atom is 0.0133 e. The summed E-state index contributed by atoms with van der Waals surface area (Å²) in [6, 6.07) is 7.51. The minimum atomic E-state index is 0.647. The number of hydrogen-bond acceptors (Lipinski definition) is 1. The van der Waals surface area contributed by atoms with Crippen molar-refractivity contribution in [3.63, 3.8) is 0 Å². The lowest BCUT2D eigenvalue weighted by molar-refractivity contribution is 0.222. The Kier molecular flexibility index (Phi) is 5.65. The summed E-state index contributed by atoms with van der Waals surface area (Å²) in [4.78, 5) is 0. The van der Waals surface area contributed by atoms with Gasteiger partial charge in [-0.15, -0.1) is 0 Å². The Bertz CT molecular complexity index is 416. The van der Waals surface area contributed by atoms with Gasteiger partial charge in [-0.3, -0.25) is 0 Å². The molecule has 1 saturated carbocycles. The smallest absolute Gasteiger partial charge is 0.0133 e. The van der Waals surface area contributed by atoms with Crippen molar-refractivity contribution >= 4 is 0 Å². The fourth-order valence-corrected chi connectivity index (χ4v) is 3.76. The Morgan fingerprint density at radius 1 is 1.15 bits per heavy atom. The van der Waals surface area contributed by atoms with Crippen LogP contribution in [-0.4, -0.2) is 13.1 Å². The average molecular weight is 273 g/mol. The van der Waals surface area contributed by atoms with Crippen molar-refractivity contribution < 1.29 is 0 Å². The van der Waals surface area contributed by atoms with E-state index < -0.39 is 0 Å². The molecule has 1 unspecified atom stereocenters. The van der Waals surface area contributed by atoms with Gasteiger partial charge in [0, 0.05) is 6.04 Å². The molecule has 0 bridgehead atoms. The number of nitrogens with one attached hydrogen (secondary N) is 1. The SMILES string of the molecule is CCC1CCC(C(Cc2cc(C)ccc2C)NC)CC1. The summed E-state index contributed by atoms with van der Waals surface area (Å²) in [6.45, 7) is 6.79. The summed E-state index contributed by atoms with van der Waals surface area (Å²) in [5.74, 6) is 1.85. The lowest BCUT2D eigenvalue weighted by Gasteiger charge is -2.34. The first kappa shape index (κ1) is 15.6. The zero-order valence-corrected chi connectivity index (χ0v) is 13.7. The summed E-state index contributed by atoms with van der Waals surface area (Å²) in [5, 5.41) is 3.60. The first-order valence-electron chi connectivity index (χ1n) is 8.37. The van der Waals surface area contributed by atoms with Crippen LogP contribution in [0.1, 0.15) is 55.7 Å². The Morgan fingerprint density at radius 2 is 1.85 bits per heavy atom. The fourth-order valence-electron chi connectivity index (χ4n) is 3.76. The molecular formula is C19H31N. The van der Waals surface area contributed by atoms with Gasteiger partial charge in [-0.25, -0.2) is 0 Å². The van der Waals surface area contributed by atoms with Gasteiger partial charge >= 0.3 is 0 Å². The van der Waals surface area contributed by atoms with Gasteiger partial charge in [0.1, 0.15) is 0 Å². The second kappa shape index (κ2) is 7.26. The van der Waals surface area contributed by atoms with Crippen LogP contribution >= 0.6 is 0 Å². The van der Waals surface area contributed by atoms with Gasteiger partial charge in [-0.2, -0.15) is 0 Å². The van der Waals surface area contributed by atoms with Crippen molar-refractivity contribution in [2.75, 3.05) is 7.05 Å². The van der Waals surface area contributed by atoms with Crippen molar-refractivity contribution in [3.05, 3.63) is 34.9 Å². The van der Waals surface area contributed by atoms with E-state index in [0.717, 1.165) is 11.8 Å². The first-order valence-corrected chi connectivity index (χ1v) is 8.37. The minimum Gasteiger partial charge on any atom is -0.316 e. The molecule has 0 spiro atoms. The fraction of sp³-hybridized carbons (Fsp3) is 0.684. The molecule has 1 aromatic rings. The molecule has 0 aliphatic heterocycles. The van der Waals surface area contributed by atoms with Gasteiger partial charge < -0.3 is 5.32 Å². The number of hydrogen-bond donors (Lipinski definition) is 1. The molecule has 0 saturated heterocycles. The van der Waals surface area contributed by atoms with E-state index in [4.69, 9.17) is 0 Å². The van der Waals surface area contributed by atoms with Gasteiger partial charge in [0.05, 0.1) is 0 Å². The van der Waals surface area contributed by atoms with Crippen LogP contribution in [-0.2, 0) is 6.42 Å². The molecule has 0 aromatic heterocycles. The first-order chi connectivity index (χ1) is 9.63. The van der Waals surface area contributed by atoms with Crippen LogP contribution in [0.3, 0.4) is 0 Å². The molecule has 1 N–H and O–H groups in total. The van der Waals surface area contributed by atoms with Crippen molar-refractivity contribution in [1.82, 2.24) is 5.32 Å². The molecule has 0 heterocycles. The number of rotatable bonds is 5. The molecule has 2 rings (SSSR count). The van der Waals surface area contributed by atoms with Crippen LogP contribution in [0, 0.1) is 25.7 Å². The summed E-state index contributed by atoms with van der Waals surface area (Å²) in [5.41, 5.74) is 4.36. The van der Waals surface area contributed by atoms with Crippen LogP contribution in [0.15, 0.2) is 18.2 Å². The van der Waals surface area contributed by atoms with E-state index in [0.29, 0.717) is 6.04 Å². The highest BCUT2D eigenvalue weighted by Crippen LogP contribution is 2.33. The molecule has 1 aromatic carbocycles. The molecule has 1 fully saturated rings. The molecule has 112 valence electrons. The largest absolute Gasteiger partial charge is 0.316 e. The molecule has 20 heavy (non-hydrogen) atoms. The Morgan fingerprint density at radius 3 is 2.45 bits per heavy atom. The second-order valence-electron chi connectivity index (χ2n) is 6.72. The molecule has 0 amide bonds. The van der Waals surface area contributed by atoms with E-state index in [-0.39, 0.29) is 0 Å². The van der Waals surface area contributed by atoms with Crippen molar-refractivity contribution in [2.24, 2.45) is 11.8 Å². The molecule has 1 nitrogen and oxygen atoms in total. The normalized spacial score (nSPS) is 24.6. The summed E-state index contributed by atoms with van der Waals surface area (Å²) >= 11 is 0. The van der Waals surface area contributed by atoms with Crippen LogP contribution in [0.2, 0.25) is 0 Å². The number of likely N-dealkylation sites (N-methyl/N-ethyl adjacent to an activating group) is 1. The van der Waals surface area contributed by atoms with Crippen LogP contribution < -0.4 is 5.32 Å². The third-order valence-electron chi connectivity index (χ3n) is 5.35. The van der Waals surface area contributed by atoms with Crippen molar-refractivity contribution in [2.45, 2.75) is 65.3 Å². The third kappa shape index (κ3) is 3.85. The highest BCUT2D eigenvalue weighted by molar-refractivity contribution is 5.31. The summed E-state index contributed by atoms with van der Waals surface area (Å²) in [7, 11) is 2.14. The van der Waals surface area contributed by atoms with E-state index in [1.54, 1.807) is 0 Å². The van der Waals surface area contributed by atoms with E-state index in [9.17, 15) is 0 Å². The monoisotopic (exact) mass is 273 g/mol. The van der Waals surface area contributed by atoms with Gasteiger partial charge in [0.2, 0.25) is 0 Å². The second-order valence-corrected chi connectivity index (χ2v) is 6.72. The Hall–Kier alpha value is -0.820. The van der Waals surface area contributed by atoms with Crippen molar-refractivity contribution in [1.29, 1.82) is 0 Å². The van der Waals surface area contributed by atoms with Gasteiger partial charge in [0.25, 0.3) is 0 Å². The van der Waals surface area contributed by atoms with Gasteiger partial charge in [0.15, 0.2) is 0 Å². The maximum atomic E-state index is 3.60. The zero-order valence-electron chi connectivity index (χ0n) is 13.7. The summed E-state index contributed by atoms with van der Waals surface area (Å²) < 4.78 is 0. The van der Waals surface area contributed by atoms with E-state index in [1.165, 1.54) is 55.2 Å². The van der Waals surface area contributed by atoms with Gasteiger partial charge in [-0.1, -0.05) is 49.9 Å². The quantitative estimate of drug-likeness (QED) is 0.823. The van der Waals surface area contributed by atoms with E-state index in [2.05, 4.69) is 51.3 Å². The van der Waals surface area contributed by atoms with E-state index >= 15 is 0 Å². The topological polar surface area (TPSA) is 12.0 Å². The highest BCUT2D eigenvalue weighted by atomic mass is 14.9. The Labute approximate surface area is 125 Å².